The van der Waals surface area contributed by atoms with Crippen LogP contribution in [0.15, 0.2) is 36.4 Å². The molecule has 0 amide bonds. The molecule has 0 atom stereocenters. The van der Waals surface area contributed by atoms with Crippen LogP contribution in [0.1, 0.15) is 0 Å². The Labute approximate surface area is 115 Å². The summed E-state index contributed by atoms with van der Waals surface area (Å²) in [6.07, 6.45) is 5.27. The van der Waals surface area contributed by atoms with Crippen LogP contribution >= 0.6 is 0 Å². The van der Waals surface area contributed by atoms with Crippen LogP contribution in [0.2, 0.25) is 0 Å². The summed E-state index contributed by atoms with van der Waals surface area (Å²) in [5, 5.41) is 29.7. The molecule has 0 fully saturated rings. The Morgan fingerprint density at radius 1 is 0.750 bits per heavy atom. The fourth-order valence-electron chi connectivity index (χ4n) is 1.89. The van der Waals surface area contributed by atoms with Gasteiger partial charge in [0.15, 0.2) is 0 Å². The second kappa shape index (κ2) is 5.41. The van der Waals surface area contributed by atoms with Crippen LogP contribution in [-0.2, 0) is 0 Å². The molecular formula is C17H7N3. The third-order valence-corrected chi connectivity index (χ3v) is 2.90. The molecule has 3 nitrogen and oxygen atoms in total. The molecule has 2 rings (SSSR count). The standard InChI is InChI=1S/C17H7N3/c1-2-12(9-18)13-3-4-15-8-16(17(10-19)11-20)6-5-14(15)7-13/h1,3-8H/b13-12-. The van der Waals surface area contributed by atoms with Crippen LogP contribution in [0.3, 0.4) is 0 Å². The molecular weight excluding hydrogens is 246 g/mol. The molecule has 0 aliphatic heterocycles. The molecule has 0 spiro atoms. The van der Waals surface area contributed by atoms with Crippen molar-refractivity contribution in [2.45, 2.75) is 0 Å². The number of terminal acetylenes is 1. The highest BCUT2D eigenvalue weighted by Crippen LogP contribution is 2.08. The Balaban J connectivity index is 2.84. The van der Waals surface area contributed by atoms with Gasteiger partial charge in [-0.1, -0.05) is 30.2 Å². The van der Waals surface area contributed by atoms with Crippen molar-refractivity contribution in [1.82, 2.24) is 0 Å². The zero-order chi connectivity index (χ0) is 14.5. The van der Waals surface area contributed by atoms with E-state index in [-0.39, 0.29) is 11.1 Å². The number of hydrogen-bond acceptors (Lipinski definition) is 3. The van der Waals surface area contributed by atoms with Crippen LogP contribution in [0.25, 0.3) is 21.9 Å². The van der Waals surface area contributed by atoms with E-state index in [0.29, 0.717) is 10.4 Å². The van der Waals surface area contributed by atoms with Crippen LogP contribution < -0.4 is 10.4 Å². The lowest BCUT2D eigenvalue weighted by atomic mass is 10.0. The predicted molar refractivity (Wildman–Crippen MR) is 75.7 cm³/mol. The van der Waals surface area contributed by atoms with Gasteiger partial charge in [0.25, 0.3) is 0 Å². The highest BCUT2D eigenvalue weighted by molar-refractivity contribution is 5.86. The fraction of sp³-hybridized carbons (Fsp3) is 0. The molecule has 0 aliphatic carbocycles. The van der Waals surface area contributed by atoms with Crippen LogP contribution in [-0.4, -0.2) is 0 Å². The van der Waals surface area contributed by atoms with Gasteiger partial charge in [0.1, 0.15) is 29.4 Å². The lowest BCUT2D eigenvalue weighted by Crippen LogP contribution is -2.06. The highest BCUT2D eigenvalue weighted by atomic mass is 14.3. The van der Waals surface area contributed by atoms with Crippen molar-refractivity contribution in [2.24, 2.45) is 0 Å². The van der Waals surface area contributed by atoms with Crippen molar-refractivity contribution in [3.05, 3.63) is 46.8 Å². The topological polar surface area (TPSA) is 71.4 Å². The third kappa shape index (κ3) is 2.21. The summed E-state index contributed by atoms with van der Waals surface area (Å²) in [6, 6.07) is 16.3. The van der Waals surface area contributed by atoms with E-state index in [0.717, 1.165) is 10.8 Å². The average Bonchev–Trinajstić information content (AvgIpc) is 2.49. The number of hydrogen-bond donors (Lipinski definition) is 0. The summed E-state index contributed by atoms with van der Waals surface area (Å²) in [5.74, 6) is 2.35. The summed E-state index contributed by atoms with van der Waals surface area (Å²) >= 11 is 0. The summed E-state index contributed by atoms with van der Waals surface area (Å²) < 4.78 is 0. The minimum atomic E-state index is 0.0730. The van der Waals surface area contributed by atoms with E-state index in [1.165, 1.54) is 0 Å². The summed E-state index contributed by atoms with van der Waals surface area (Å²) in [6.45, 7) is 0. The molecule has 0 saturated carbocycles. The van der Waals surface area contributed by atoms with Crippen molar-refractivity contribution in [2.75, 3.05) is 0 Å². The fourth-order valence-corrected chi connectivity index (χ4v) is 1.89. The molecule has 0 saturated heterocycles. The smallest absolute Gasteiger partial charge is 0.136 e. The molecule has 2 aromatic carbocycles. The molecule has 3 heteroatoms. The highest BCUT2D eigenvalue weighted by Gasteiger charge is 1.99. The van der Waals surface area contributed by atoms with Gasteiger partial charge in [-0.15, -0.1) is 6.42 Å². The molecule has 0 aliphatic rings. The molecule has 90 valence electrons. The summed E-state index contributed by atoms with van der Waals surface area (Å²) in [5.41, 5.74) is 0.348. The molecule has 0 radical (unpaired) electrons. The summed E-state index contributed by atoms with van der Waals surface area (Å²) in [4.78, 5) is 0. The SMILES string of the molecule is C#C/C(C#N)=c1\ccc2cc(=C(C#N)C#N)ccc2c1. The van der Waals surface area contributed by atoms with E-state index in [4.69, 9.17) is 22.2 Å². The second-order valence-electron chi connectivity index (χ2n) is 4.01. The first kappa shape index (κ1) is 12.9. The van der Waals surface area contributed by atoms with Gasteiger partial charge in [-0.3, -0.25) is 0 Å². The maximum Gasteiger partial charge on any atom is 0.136 e. The van der Waals surface area contributed by atoms with Crippen molar-refractivity contribution in [3.63, 3.8) is 0 Å². The van der Waals surface area contributed by atoms with E-state index in [2.05, 4.69) is 5.92 Å². The molecule has 0 aromatic heterocycles. The Morgan fingerprint density at radius 3 is 1.60 bits per heavy atom. The minimum absolute atomic E-state index is 0.0730. The van der Waals surface area contributed by atoms with Crippen molar-refractivity contribution < 1.29 is 0 Å². The van der Waals surface area contributed by atoms with Crippen LogP contribution in [0.5, 0.6) is 0 Å². The van der Waals surface area contributed by atoms with E-state index < -0.39 is 0 Å². The number of nitriles is 3. The Kier molecular flexibility index (Phi) is 3.49. The van der Waals surface area contributed by atoms with Gasteiger partial charge in [0.05, 0.1) is 0 Å². The monoisotopic (exact) mass is 253 g/mol. The number of rotatable bonds is 0. The van der Waals surface area contributed by atoms with Crippen LogP contribution in [0, 0.1) is 46.3 Å². The van der Waals surface area contributed by atoms with E-state index >= 15 is 0 Å². The predicted octanol–water partition coefficient (Wildman–Crippen LogP) is 1.35. The first-order chi connectivity index (χ1) is 9.73. The normalized spacial score (nSPS) is 10.6. The molecule has 0 N–H and O–H groups in total. The first-order valence-electron chi connectivity index (χ1n) is 5.69. The van der Waals surface area contributed by atoms with Gasteiger partial charge in [-0.05, 0) is 22.9 Å². The minimum Gasteiger partial charge on any atom is -0.192 e. The quantitative estimate of drug-likeness (QED) is 0.665. The largest absolute Gasteiger partial charge is 0.192 e. The molecule has 2 aromatic rings. The molecule has 0 heterocycles. The first-order valence-corrected chi connectivity index (χ1v) is 5.69. The van der Waals surface area contributed by atoms with Crippen molar-refractivity contribution in [3.8, 4) is 30.6 Å². The number of benzene rings is 2. The lowest BCUT2D eigenvalue weighted by Gasteiger charge is -1.98. The second-order valence-corrected chi connectivity index (χ2v) is 4.01. The van der Waals surface area contributed by atoms with E-state index in [9.17, 15) is 0 Å². The summed E-state index contributed by atoms with van der Waals surface area (Å²) in [7, 11) is 0. The van der Waals surface area contributed by atoms with Gasteiger partial charge in [0, 0.05) is 10.4 Å². The van der Waals surface area contributed by atoms with E-state index in [1.807, 2.05) is 30.3 Å². The number of fused-ring (bicyclic) bond motifs is 1. The zero-order valence-electron chi connectivity index (χ0n) is 10.4. The Bertz CT molecular complexity index is 869. The van der Waals surface area contributed by atoms with Crippen LogP contribution in [0.4, 0.5) is 0 Å². The lowest BCUT2D eigenvalue weighted by molar-refractivity contribution is 1.49. The molecule has 0 unspecified atom stereocenters. The van der Waals surface area contributed by atoms with Gasteiger partial charge < -0.3 is 0 Å². The zero-order valence-corrected chi connectivity index (χ0v) is 10.4. The van der Waals surface area contributed by atoms with Gasteiger partial charge in [-0.2, -0.15) is 15.8 Å². The van der Waals surface area contributed by atoms with Crippen molar-refractivity contribution >= 4 is 21.9 Å². The average molecular weight is 253 g/mol. The van der Waals surface area contributed by atoms with Crippen molar-refractivity contribution in [1.29, 1.82) is 15.8 Å². The third-order valence-electron chi connectivity index (χ3n) is 2.90. The molecule has 20 heavy (non-hydrogen) atoms. The van der Waals surface area contributed by atoms with Gasteiger partial charge in [-0.25, -0.2) is 0 Å². The molecule has 0 bridgehead atoms. The van der Waals surface area contributed by atoms with E-state index in [1.54, 1.807) is 24.3 Å². The van der Waals surface area contributed by atoms with Gasteiger partial charge >= 0.3 is 0 Å². The number of nitrogens with zero attached hydrogens (tertiary/aromatic N) is 3. The Morgan fingerprint density at radius 2 is 1.20 bits per heavy atom. The van der Waals surface area contributed by atoms with Gasteiger partial charge in [0.2, 0.25) is 0 Å². The Hall–Kier alpha value is -3.53. The maximum atomic E-state index is 8.93. The maximum absolute atomic E-state index is 8.93.